The van der Waals surface area contributed by atoms with E-state index in [0.717, 1.165) is 19.4 Å². The maximum Gasteiger partial charge on any atom is 0.225 e. The van der Waals surface area contributed by atoms with E-state index < -0.39 is 0 Å². The van der Waals surface area contributed by atoms with Crippen molar-refractivity contribution in [3.05, 3.63) is 16.1 Å². The molecule has 0 saturated heterocycles. The third-order valence-corrected chi connectivity index (χ3v) is 3.09. The average Bonchev–Trinajstić information content (AvgIpc) is 2.47. The van der Waals surface area contributed by atoms with E-state index in [1.165, 1.54) is 10.6 Å². The molecule has 0 atom stereocenters. The largest absolute Gasteiger partial charge is 1.00 e. The van der Waals surface area contributed by atoms with Crippen molar-refractivity contribution in [2.24, 2.45) is 0 Å². The van der Waals surface area contributed by atoms with Gasteiger partial charge in [0.25, 0.3) is 0 Å². The molecule has 1 rings (SSSR count). The van der Waals surface area contributed by atoms with Crippen LogP contribution in [0.15, 0.2) is 5.51 Å². The Bertz CT molecular complexity index is 250. The number of aliphatic hydroxyl groups is 1. The van der Waals surface area contributed by atoms with Crippen LogP contribution < -0.4 is 21.5 Å². The Morgan fingerprint density at radius 2 is 2.15 bits per heavy atom. The predicted octanol–water partition coefficient (Wildman–Crippen LogP) is -1.84. The molecule has 0 spiro atoms. The first-order chi connectivity index (χ1) is 5.83. The number of hydrogen-bond donors (Lipinski definition) is 1. The molecular weight excluding hydrogens is 250 g/mol. The summed E-state index contributed by atoms with van der Waals surface area (Å²) in [6.07, 6.45) is 1.87. The van der Waals surface area contributed by atoms with Gasteiger partial charge in [0.05, 0.1) is 4.88 Å². The van der Waals surface area contributed by atoms with Crippen LogP contribution in [0.3, 0.4) is 0 Å². The predicted molar refractivity (Wildman–Crippen MR) is 50.4 cm³/mol. The summed E-state index contributed by atoms with van der Waals surface area (Å²) in [5.41, 5.74) is 3.53. The zero-order valence-corrected chi connectivity index (χ0v) is 10.5. The number of aromatic nitrogens is 1. The number of rotatable bonds is 4. The summed E-state index contributed by atoms with van der Waals surface area (Å²) in [5.74, 6) is 0. The van der Waals surface area contributed by atoms with Gasteiger partial charge in [-0.2, -0.15) is 4.57 Å². The summed E-state index contributed by atoms with van der Waals surface area (Å²) in [6, 6.07) is 0. The van der Waals surface area contributed by atoms with Gasteiger partial charge in [-0.25, -0.2) is 0 Å². The number of aryl methyl sites for hydroxylation is 1. The molecule has 1 aromatic rings. The molecule has 4 heteroatoms. The Kier molecular flexibility index (Phi) is 6.55. The summed E-state index contributed by atoms with van der Waals surface area (Å²) in [4.78, 5) is 1.34. The lowest BCUT2D eigenvalue weighted by atomic mass is 10.2. The zero-order chi connectivity index (χ0) is 8.97. The molecule has 0 aliphatic heterocycles. The van der Waals surface area contributed by atoms with Gasteiger partial charge >= 0.3 is 0 Å². The normalized spacial score (nSPS) is 9.77. The fourth-order valence-electron chi connectivity index (χ4n) is 1.39. The van der Waals surface area contributed by atoms with Crippen molar-refractivity contribution < 1.29 is 26.7 Å². The molecular formula is C9H16BrNOS. The molecule has 0 aliphatic carbocycles. The van der Waals surface area contributed by atoms with E-state index in [0.29, 0.717) is 0 Å². The number of halogens is 1. The number of aliphatic hydroxyl groups excluding tert-OH is 1. The second-order valence-corrected chi connectivity index (χ2v) is 3.65. The summed E-state index contributed by atoms with van der Waals surface area (Å²) < 4.78 is 2.26. The molecule has 0 radical (unpaired) electrons. The van der Waals surface area contributed by atoms with Gasteiger partial charge in [-0.15, -0.1) is 0 Å². The van der Waals surface area contributed by atoms with Gasteiger partial charge in [0, 0.05) is 19.4 Å². The topological polar surface area (TPSA) is 24.1 Å². The van der Waals surface area contributed by atoms with Crippen LogP contribution in [0.1, 0.15) is 24.4 Å². The van der Waals surface area contributed by atoms with E-state index in [1.54, 1.807) is 11.3 Å². The first kappa shape index (κ1) is 13.1. The standard InChI is InChI=1S/C9H16NOS.BrH/c1-3-8-9(5-6-11)12-7-10(8)4-2;/h7,11H,3-6H2,1-2H3;1H/q+1;/p-1. The van der Waals surface area contributed by atoms with Crippen molar-refractivity contribution in [3.8, 4) is 0 Å². The van der Waals surface area contributed by atoms with E-state index in [1.807, 2.05) is 0 Å². The number of hydrogen-bond acceptors (Lipinski definition) is 2. The summed E-state index contributed by atoms with van der Waals surface area (Å²) >= 11 is 1.75. The first-order valence-corrected chi connectivity index (χ1v) is 5.31. The molecule has 0 aliphatic rings. The highest BCUT2D eigenvalue weighted by Gasteiger charge is 2.15. The van der Waals surface area contributed by atoms with Crippen molar-refractivity contribution in [2.45, 2.75) is 33.2 Å². The van der Waals surface area contributed by atoms with Crippen LogP contribution in [0.5, 0.6) is 0 Å². The molecule has 2 nitrogen and oxygen atoms in total. The second-order valence-electron chi connectivity index (χ2n) is 2.71. The molecule has 76 valence electrons. The quantitative estimate of drug-likeness (QED) is 0.636. The highest BCUT2D eigenvalue weighted by molar-refractivity contribution is 7.09. The van der Waals surface area contributed by atoms with Crippen molar-refractivity contribution in [1.82, 2.24) is 0 Å². The second kappa shape index (κ2) is 6.51. The molecule has 0 amide bonds. The van der Waals surface area contributed by atoms with Gasteiger partial charge in [0.1, 0.15) is 6.54 Å². The van der Waals surface area contributed by atoms with Crippen molar-refractivity contribution in [1.29, 1.82) is 0 Å². The van der Waals surface area contributed by atoms with Crippen LogP contribution in [-0.2, 0) is 19.4 Å². The number of thiazole rings is 1. The zero-order valence-electron chi connectivity index (χ0n) is 8.09. The third kappa shape index (κ3) is 3.04. The van der Waals surface area contributed by atoms with E-state index in [-0.39, 0.29) is 23.6 Å². The van der Waals surface area contributed by atoms with E-state index in [9.17, 15) is 0 Å². The van der Waals surface area contributed by atoms with Gasteiger partial charge < -0.3 is 22.1 Å². The van der Waals surface area contributed by atoms with Crippen LogP contribution in [0, 0.1) is 0 Å². The van der Waals surface area contributed by atoms with E-state index in [2.05, 4.69) is 23.9 Å². The molecule has 1 N–H and O–H groups in total. The third-order valence-electron chi connectivity index (χ3n) is 2.01. The van der Waals surface area contributed by atoms with Crippen molar-refractivity contribution in [2.75, 3.05) is 6.61 Å². The maximum absolute atomic E-state index is 8.82. The molecule has 0 saturated carbocycles. The maximum atomic E-state index is 8.82. The minimum absolute atomic E-state index is 0. The highest BCUT2D eigenvalue weighted by atomic mass is 79.9. The first-order valence-electron chi connectivity index (χ1n) is 4.43. The molecule has 0 aromatic carbocycles. The summed E-state index contributed by atoms with van der Waals surface area (Å²) in [7, 11) is 0. The molecule has 13 heavy (non-hydrogen) atoms. The Morgan fingerprint density at radius 1 is 1.46 bits per heavy atom. The molecule has 0 fully saturated rings. The van der Waals surface area contributed by atoms with Crippen LogP contribution in [-0.4, -0.2) is 11.7 Å². The van der Waals surface area contributed by atoms with E-state index >= 15 is 0 Å². The van der Waals surface area contributed by atoms with Crippen molar-refractivity contribution in [3.63, 3.8) is 0 Å². The van der Waals surface area contributed by atoms with Crippen LogP contribution in [0.2, 0.25) is 0 Å². The molecule has 0 unspecified atom stereocenters. The minimum Gasteiger partial charge on any atom is -1.00 e. The van der Waals surface area contributed by atoms with Crippen LogP contribution in [0.4, 0.5) is 0 Å². The lowest BCUT2D eigenvalue weighted by molar-refractivity contribution is -0.696. The van der Waals surface area contributed by atoms with Crippen LogP contribution in [0.25, 0.3) is 0 Å². The van der Waals surface area contributed by atoms with Gasteiger partial charge in [-0.3, -0.25) is 0 Å². The van der Waals surface area contributed by atoms with E-state index in [4.69, 9.17) is 5.11 Å². The molecule has 1 heterocycles. The van der Waals surface area contributed by atoms with Gasteiger partial charge in [0.15, 0.2) is 5.69 Å². The average molecular weight is 266 g/mol. The van der Waals surface area contributed by atoms with Gasteiger partial charge in [0.2, 0.25) is 5.51 Å². The van der Waals surface area contributed by atoms with Gasteiger partial charge in [-0.05, 0) is 6.92 Å². The highest BCUT2D eigenvalue weighted by Crippen LogP contribution is 2.12. The Morgan fingerprint density at radius 3 is 2.62 bits per heavy atom. The minimum atomic E-state index is 0. The smallest absolute Gasteiger partial charge is 0.225 e. The fourth-order valence-corrected chi connectivity index (χ4v) is 2.53. The Balaban J connectivity index is 0.00000144. The summed E-state index contributed by atoms with van der Waals surface area (Å²) in [6.45, 7) is 5.60. The van der Waals surface area contributed by atoms with Crippen LogP contribution >= 0.6 is 11.3 Å². The summed E-state index contributed by atoms with van der Waals surface area (Å²) in [5, 5.41) is 8.82. The van der Waals surface area contributed by atoms with Gasteiger partial charge in [-0.1, -0.05) is 18.3 Å². The SMILES string of the molecule is CCc1c(CCO)sc[n+]1CC.[Br-]. The monoisotopic (exact) mass is 265 g/mol. The lowest BCUT2D eigenvalue weighted by Gasteiger charge is -1.94. The molecule has 1 aromatic heterocycles. The Labute approximate surface area is 94.0 Å². The fraction of sp³-hybridized carbons (Fsp3) is 0.667. The van der Waals surface area contributed by atoms with Crippen molar-refractivity contribution >= 4 is 11.3 Å². The lowest BCUT2D eigenvalue weighted by Crippen LogP contribution is -3.00. The Hall–Kier alpha value is 0.0700. The molecule has 0 bridgehead atoms. The number of nitrogens with zero attached hydrogens (tertiary/aromatic N) is 1.